The number of nitrogens with zero attached hydrogens (tertiary/aromatic N) is 2. The molecule has 1 aliphatic carbocycles. The highest BCUT2D eigenvalue weighted by molar-refractivity contribution is 6.04. The summed E-state index contributed by atoms with van der Waals surface area (Å²) in [6.45, 7) is 0. The van der Waals surface area contributed by atoms with Crippen LogP contribution in [0.5, 0.6) is 0 Å². The van der Waals surface area contributed by atoms with Crippen LogP contribution < -0.4 is 5.32 Å². The molecule has 4 rings (SSSR count). The number of benzene rings is 2. The van der Waals surface area contributed by atoms with Gasteiger partial charge in [0.25, 0.3) is 5.91 Å². The maximum Gasteiger partial charge on any atom is 0.255 e. The quantitative estimate of drug-likeness (QED) is 0.692. The Hall–Kier alpha value is -3.16. The Labute approximate surface area is 146 Å². The topological polar surface area (TPSA) is 70.7 Å². The van der Waals surface area contributed by atoms with E-state index in [1.54, 1.807) is 24.3 Å². The van der Waals surface area contributed by atoms with E-state index in [1.165, 1.54) is 0 Å². The molecule has 2 N–H and O–H groups in total. The van der Waals surface area contributed by atoms with E-state index in [0.717, 1.165) is 18.7 Å². The predicted octanol–water partition coefficient (Wildman–Crippen LogP) is 4.02. The first-order chi connectivity index (χ1) is 12.5. The number of carbonyl (C=O) groups excluding carboxylic acids is 1. The minimum absolute atomic E-state index is 0.319. The molecule has 0 radical (unpaired) electrons. The molecule has 0 saturated heterocycles. The van der Waals surface area contributed by atoms with Gasteiger partial charge in [0.05, 0.1) is 0 Å². The maximum absolute atomic E-state index is 13.3. The van der Waals surface area contributed by atoms with Crippen LogP contribution in [0.15, 0.2) is 36.4 Å². The number of halogens is 3. The molecule has 1 amide bonds. The molecule has 132 valence electrons. The van der Waals surface area contributed by atoms with Crippen LogP contribution in [-0.2, 0) is 0 Å². The van der Waals surface area contributed by atoms with Crippen molar-refractivity contribution >= 4 is 11.6 Å². The molecule has 0 bridgehead atoms. The molecular weight excluding hydrogens is 345 g/mol. The number of anilines is 1. The average molecular weight is 358 g/mol. The molecular formula is C18H13F3N4O. The molecule has 5 nitrogen and oxygen atoms in total. The molecule has 0 unspecified atom stereocenters. The van der Waals surface area contributed by atoms with Crippen molar-refractivity contribution in [1.29, 1.82) is 0 Å². The fraction of sp³-hybridized carbons (Fsp3) is 0.167. The SMILES string of the molecule is O=C(Nc1cccc(-c2n[nH]c(C3CC3)n2)c1)c1cc(F)c(F)c(F)c1. The summed E-state index contributed by atoms with van der Waals surface area (Å²) < 4.78 is 39.6. The van der Waals surface area contributed by atoms with Gasteiger partial charge in [-0.25, -0.2) is 18.2 Å². The van der Waals surface area contributed by atoms with E-state index in [-0.39, 0.29) is 5.56 Å². The molecule has 0 spiro atoms. The summed E-state index contributed by atoms with van der Waals surface area (Å²) in [5.74, 6) is -3.43. The van der Waals surface area contributed by atoms with Crippen LogP contribution in [0.1, 0.15) is 34.9 Å². The van der Waals surface area contributed by atoms with Crippen molar-refractivity contribution in [3.05, 3.63) is 65.2 Å². The highest BCUT2D eigenvalue weighted by Crippen LogP contribution is 2.38. The van der Waals surface area contributed by atoms with E-state index in [0.29, 0.717) is 35.1 Å². The molecule has 1 heterocycles. The normalized spacial score (nSPS) is 13.7. The number of aromatic amines is 1. The smallest absolute Gasteiger partial charge is 0.255 e. The lowest BCUT2D eigenvalue weighted by molar-refractivity contribution is 0.102. The lowest BCUT2D eigenvalue weighted by Gasteiger charge is -2.07. The van der Waals surface area contributed by atoms with Crippen LogP contribution in [0, 0.1) is 17.5 Å². The number of nitrogens with one attached hydrogen (secondary N) is 2. The van der Waals surface area contributed by atoms with Crippen LogP contribution >= 0.6 is 0 Å². The van der Waals surface area contributed by atoms with Crippen LogP contribution in [0.3, 0.4) is 0 Å². The molecule has 8 heteroatoms. The summed E-state index contributed by atoms with van der Waals surface area (Å²) in [5, 5.41) is 9.60. The highest BCUT2D eigenvalue weighted by atomic mass is 19.2. The third-order valence-electron chi connectivity index (χ3n) is 4.09. The molecule has 1 aliphatic rings. The zero-order chi connectivity index (χ0) is 18.3. The van der Waals surface area contributed by atoms with Gasteiger partial charge in [-0.2, -0.15) is 5.10 Å². The number of hydrogen-bond donors (Lipinski definition) is 2. The summed E-state index contributed by atoms with van der Waals surface area (Å²) in [6.07, 6.45) is 2.19. The second-order valence-corrected chi connectivity index (χ2v) is 6.11. The van der Waals surface area contributed by atoms with Gasteiger partial charge >= 0.3 is 0 Å². The van der Waals surface area contributed by atoms with E-state index in [2.05, 4.69) is 20.5 Å². The molecule has 2 aromatic carbocycles. The first-order valence-electron chi connectivity index (χ1n) is 8.00. The monoisotopic (exact) mass is 358 g/mol. The van der Waals surface area contributed by atoms with Crippen molar-refractivity contribution in [2.45, 2.75) is 18.8 Å². The molecule has 1 fully saturated rings. The molecule has 1 aromatic heterocycles. The third kappa shape index (κ3) is 3.17. The molecule has 0 atom stereocenters. The van der Waals surface area contributed by atoms with Crippen molar-refractivity contribution in [3.8, 4) is 11.4 Å². The van der Waals surface area contributed by atoms with Gasteiger partial charge < -0.3 is 5.32 Å². The summed E-state index contributed by atoms with van der Waals surface area (Å²) in [7, 11) is 0. The maximum atomic E-state index is 13.3. The molecule has 26 heavy (non-hydrogen) atoms. The number of rotatable bonds is 4. The van der Waals surface area contributed by atoms with E-state index in [4.69, 9.17) is 0 Å². The van der Waals surface area contributed by atoms with Crippen molar-refractivity contribution in [2.75, 3.05) is 5.32 Å². The first-order valence-corrected chi connectivity index (χ1v) is 8.00. The molecule has 1 saturated carbocycles. The summed E-state index contributed by atoms with van der Waals surface area (Å²) in [4.78, 5) is 16.6. The number of amides is 1. The second kappa shape index (κ2) is 6.29. The van der Waals surface area contributed by atoms with Crippen LogP contribution in [0.2, 0.25) is 0 Å². The number of carbonyl (C=O) groups is 1. The largest absolute Gasteiger partial charge is 0.322 e. The Morgan fingerprint density at radius 3 is 2.54 bits per heavy atom. The third-order valence-corrected chi connectivity index (χ3v) is 4.09. The minimum Gasteiger partial charge on any atom is -0.322 e. The Balaban J connectivity index is 1.55. The van der Waals surface area contributed by atoms with E-state index < -0.39 is 23.4 Å². The molecule has 3 aromatic rings. The van der Waals surface area contributed by atoms with Crippen LogP contribution in [-0.4, -0.2) is 21.1 Å². The highest BCUT2D eigenvalue weighted by Gasteiger charge is 2.27. The Morgan fingerprint density at radius 2 is 1.85 bits per heavy atom. The predicted molar refractivity (Wildman–Crippen MR) is 88.1 cm³/mol. The minimum atomic E-state index is -1.61. The van der Waals surface area contributed by atoms with E-state index >= 15 is 0 Å². The Bertz CT molecular complexity index is 975. The van der Waals surface area contributed by atoms with Crippen molar-refractivity contribution < 1.29 is 18.0 Å². The fourth-order valence-electron chi connectivity index (χ4n) is 2.57. The second-order valence-electron chi connectivity index (χ2n) is 6.11. The van der Waals surface area contributed by atoms with E-state index in [1.807, 2.05) is 0 Å². The van der Waals surface area contributed by atoms with E-state index in [9.17, 15) is 18.0 Å². The van der Waals surface area contributed by atoms with Gasteiger partial charge in [-0.1, -0.05) is 12.1 Å². The molecule has 0 aliphatic heterocycles. The first kappa shape index (κ1) is 16.3. The average Bonchev–Trinajstić information content (AvgIpc) is 3.36. The Kier molecular flexibility index (Phi) is 3.95. The van der Waals surface area contributed by atoms with Crippen molar-refractivity contribution in [2.24, 2.45) is 0 Å². The lowest BCUT2D eigenvalue weighted by Crippen LogP contribution is -2.13. The summed E-state index contributed by atoms with van der Waals surface area (Å²) in [5.41, 5.74) is 0.763. The van der Waals surface area contributed by atoms with Gasteiger partial charge in [0.2, 0.25) is 0 Å². The van der Waals surface area contributed by atoms with Gasteiger partial charge in [0.15, 0.2) is 23.3 Å². The summed E-state index contributed by atoms with van der Waals surface area (Å²) >= 11 is 0. The Morgan fingerprint density at radius 1 is 1.12 bits per heavy atom. The van der Waals surface area contributed by atoms with Gasteiger partial charge in [-0.15, -0.1) is 0 Å². The van der Waals surface area contributed by atoms with Gasteiger partial charge in [0.1, 0.15) is 5.82 Å². The van der Waals surface area contributed by atoms with Crippen molar-refractivity contribution in [3.63, 3.8) is 0 Å². The number of aromatic nitrogens is 3. The zero-order valence-corrected chi connectivity index (χ0v) is 13.4. The summed E-state index contributed by atoms with van der Waals surface area (Å²) in [6, 6.07) is 8.04. The van der Waals surface area contributed by atoms with Crippen LogP contribution in [0.25, 0.3) is 11.4 Å². The van der Waals surface area contributed by atoms with Gasteiger partial charge in [-0.05, 0) is 37.1 Å². The van der Waals surface area contributed by atoms with Gasteiger partial charge in [-0.3, -0.25) is 9.89 Å². The fourth-order valence-corrected chi connectivity index (χ4v) is 2.57. The van der Waals surface area contributed by atoms with Crippen molar-refractivity contribution in [1.82, 2.24) is 15.2 Å². The number of H-pyrrole nitrogens is 1. The number of hydrogen-bond acceptors (Lipinski definition) is 3. The van der Waals surface area contributed by atoms with Crippen LogP contribution in [0.4, 0.5) is 18.9 Å². The lowest BCUT2D eigenvalue weighted by atomic mass is 10.1. The standard InChI is InChI=1S/C18H13F3N4O/c19-13-7-11(8-14(20)15(13)21)18(26)22-12-3-1-2-10(6-12)17-23-16(24-25-17)9-4-5-9/h1-3,6-9H,4-5H2,(H,22,26)(H,23,24,25). The zero-order valence-electron chi connectivity index (χ0n) is 13.4. The van der Waals surface area contributed by atoms with Gasteiger partial charge in [0, 0.05) is 22.7 Å².